The third-order valence-corrected chi connectivity index (χ3v) is 3.12. The Hall–Kier alpha value is -2.89. The van der Waals surface area contributed by atoms with E-state index < -0.39 is 0 Å². The Morgan fingerprint density at radius 1 is 1.05 bits per heavy atom. The van der Waals surface area contributed by atoms with E-state index in [0.717, 1.165) is 0 Å². The van der Waals surface area contributed by atoms with Crippen LogP contribution in [0, 0.1) is 0 Å². The van der Waals surface area contributed by atoms with Gasteiger partial charge in [-0.3, -0.25) is 14.4 Å². The van der Waals surface area contributed by atoms with Crippen LogP contribution in [0.2, 0.25) is 0 Å². The largest absolute Gasteiger partial charge is 0.350 e. The molecule has 114 valence electrons. The highest BCUT2D eigenvalue weighted by atomic mass is 16.2. The number of rotatable bonds is 5. The fraction of sp³-hybridized carbons (Fsp3) is 0.188. The van der Waals surface area contributed by atoms with Crippen molar-refractivity contribution in [2.45, 2.75) is 6.54 Å². The number of hydrogen-bond acceptors (Lipinski definition) is 3. The van der Waals surface area contributed by atoms with Crippen molar-refractivity contribution in [2.75, 3.05) is 6.54 Å². The van der Waals surface area contributed by atoms with E-state index in [1.807, 2.05) is 6.07 Å². The van der Waals surface area contributed by atoms with Crippen LogP contribution in [-0.2, 0) is 18.4 Å². The van der Waals surface area contributed by atoms with E-state index >= 15 is 0 Å². The number of carbonyl (C=O) groups excluding carboxylic acids is 2. The molecule has 0 saturated heterocycles. The summed E-state index contributed by atoms with van der Waals surface area (Å²) in [5.74, 6) is -0.665. The Morgan fingerprint density at radius 3 is 2.50 bits per heavy atom. The van der Waals surface area contributed by atoms with Crippen molar-refractivity contribution in [2.24, 2.45) is 7.05 Å². The number of hydrogen-bond donors (Lipinski definition) is 2. The van der Waals surface area contributed by atoms with Crippen molar-refractivity contribution in [1.82, 2.24) is 15.2 Å². The molecule has 0 aliphatic carbocycles. The molecule has 2 amide bonds. The summed E-state index contributed by atoms with van der Waals surface area (Å²) in [5, 5.41) is 5.13. The van der Waals surface area contributed by atoms with Crippen molar-refractivity contribution in [3.8, 4) is 0 Å². The minimum Gasteiger partial charge on any atom is -0.350 e. The molecule has 0 radical (unpaired) electrons. The topological polar surface area (TPSA) is 80.2 Å². The van der Waals surface area contributed by atoms with Crippen molar-refractivity contribution in [1.29, 1.82) is 0 Å². The Balaban J connectivity index is 1.82. The number of carbonyl (C=O) groups is 2. The summed E-state index contributed by atoms with van der Waals surface area (Å²) < 4.78 is 1.44. The maximum atomic E-state index is 11.8. The fourth-order valence-electron chi connectivity index (χ4n) is 1.90. The van der Waals surface area contributed by atoms with Crippen LogP contribution >= 0.6 is 0 Å². The molecule has 0 saturated carbocycles. The quantitative estimate of drug-likeness (QED) is 0.840. The van der Waals surface area contributed by atoms with Gasteiger partial charge in [0.25, 0.3) is 11.5 Å². The minimum atomic E-state index is -0.352. The van der Waals surface area contributed by atoms with Crippen LogP contribution in [0.1, 0.15) is 15.9 Å². The monoisotopic (exact) mass is 299 g/mol. The Morgan fingerprint density at radius 2 is 1.77 bits per heavy atom. The van der Waals surface area contributed by atoms with E-state index in [1.165, 1.54) is 4.57 Å². The molecule has 22 heavy (non-hydrogen) atoms. The van der Waals surface area contributed by atoms with E-state index in [-0.39, 0.29) is 30.5 Å². The molecule has 0 aliphatic rings. The van der Waals surface area contributed by atoms with E-state index in [9.17, 15) is 14.4 Å². The molecule has 0 bridgehead atoms. The lowest BCUT2D eigenvalue weighted by Crippen LogP contribution is -2.37. The van der Waals surface area contributed by atoms with Crippen molar-refractivity contribution >= 4 is 11.8 Å². The van der Waals surface area contributed by atoms with Gasteiger partial charge in [0, 0.05) is 30.9 Å². The number of aryl methyl sites for hydroxylation is 1. The summed E-state index contributed by atoms with van der Waals surface area (Å²) in [4.78, 5) is 35.3. The van der Waals surface area contributed by atoms with Gasteiger partial charge in [0.15, 0.2) is 0 Å². The lowest BCUT2D eigenvalue weighted by Gasteiger charge is -2.07. The van der Waals surface area contributed by atoms with Gasteiger partial charge in [-0.25, -0.2) is 0 Å². The number of nitrogens with zero attached hydrogens (tertiary/aromatic N) is 1. The SMILES string of the molecule is Cn1cccc(CNC(=O)CNC(=O)c2ccccc2)c1=O. The summed E-state index contributed by atoms with van der Waals surface area (Å²) in [6.45, 7) is -0.00553. The molecule has 0 aliphatic heterocycles. The lowest BCUT2D eigenvalue weighted by molar-refractivity contribution is -0.120. The third-order valence-electron chi connectivity index (χ3n) is 3.12. The fourth-order valence-corrected chi connectivity index (χ4v) is 1.90. The first kappa shape index (κ1) is 15.5. The van der Waals surface area contributed by atoms with Gasteiger partial charge in [-0.15, -0.1) is 0 Å². The van der Waals surface area contributed by atoms with Crippen LogP contribution in [0.3, 0.4) is 0 Å². The molecular formula is C16H17N3O3. The Kier molecular flexibility index (Phi) is 5.08. The molecule has 1 heterocycles. The molecule has 1 aromatic heterocycles. The predicted octanol–water partition coefficient (Wildman–Crippen LogP) is 0.431. The molecular weight excluding hydrogens is 282 g/mol. The zero-order valence-corrected chi connectivity index (χ0v) is 12.2. The molecule has 0 atom stereocenters. The molecule has 0 unspecified atom stereocenters. The van der Waals surface area contributed by atoms with E-state index in [2.05, 4.69) is 10.6 Å². The lowest BCUT2D eigenvalue weighted by atomic mass is 10.2. The molecule has 2 aromatic rings. The third kappa shape index (κ3) is 4.05. The van der Waals surface area contributed by atoms with Gasteiger partial charge in [-0.05, 0) is 18.2 Å². The average Bonchev–Trinajstić information content (AvgIpc) is 2.54. The average molecular weight is 299 g/mol. The second-order valence-electron chi connectivity index (χ2n) is 4.77. The van der Waals surface area contributed by atoms with Gasteiger partial charge in [-0.2, -0.15) is 0 Å². The molecule has 6 nitrogen and oxygen atoms in total. The first-order valence-electron chi connectivity index (χ1n) is 6.82. The van der Waals surface area contributed by atoms with Crippen LogP contribution < -0.4 is 16.2 Å². The van der Waals surface area contributed by atoms with Crippen molar-refractivity contribution in [3.63, 3.8) is 0 Å². The zero-order chi connectivity index (χ0) is 15.9. The number of benzene rings is 1. The number of nitrogens with one attached hydrogen (secondary N) is 2. The van der Waals surface area contributed by atoms with Crippen molar-refractivity contribution in [3.05, 3.63) is 70.1 Å². The van der Waals surface area contributed by atoms with Crippen molar-refractivity contribution < 1.29 is 9.59 Å². The maximum absolute atomic E-state index is 11.8. The van der Waals surface area contributed by atoms with Gasteiger partial charge in [0.05, 0.1) is 6.54 Å². The Bertz CT molecular complexity index is 723. The summed E-state index contributed by atoms with van der Waals surface area (Å²) in [5.41, 5.74) is 0.830. The number of pyridine rings is 1. The molecule has 0 spiro atoms. The highest BCUT2D eigenvalue weighted by Crippen LogP contribution is 1.97. The summed E-state index contributed by atoms with van der Waals surface area (Å²) >= 11 is 0. The number of aromatic nitrogens is 1. The molecule has 2 N–H and O–H groups in total. The van der Waals surface area contributed by atoms with Gasteiger partial charge in [-0.1, -0.05) is 24.3 Å². The van der Waals surface area contributed by atoms with E-state index in [4.69, 9.17) is 0 Å². The summed E-state index contributed by atoms with van der Waals surface area (Å²) in [6, 6.07) is 12.0. The molecule has 0 fully saturated rings. The van der Waals surface area contributed by atoms with Crippen LogP contribution in [0.4, 0.5) is 0 Å². The highest BCUT2D eigenvalue weighted by molar-refractivity contribution is 5.96. The van der Waals surface area contributed by atoms with Crippen LogP contribution in [0.15, 0.2) is 53.5 Å². The van der Waals surface area contributed by atoms with Gasteiger partial charge < -0.3 is 15.2 Å². The summed E-state index contributed by atoms with van der Waals surface area (Å²) in [6.07, 6.45) is 1.65. The second kappa shape index (κ2) is 7.21. The Labute approximate surface area is 127 Å². The number of amides is 2. The predicted molar refractivity (Wildman–Crippen MR) is 82.3 cm³/mol. The standard InChI is InChI=1S/C16H17N3O3/c1-19-9-5-8-13(16(19)22)10-17-14(20)11-18-15(21)12-6-3-2-4-7-12/h2-9H,10-11H2,1H3,(H,17,20)(H,18,21). The van der Waals surface area contributed by atoms with Crippen LogP contribution in [0.25, 0.3) is 0 Å². The zero-order valence-electron chi connectivity index (χ0n) is 12.2. The first-order chi connectivity index (χ1) is 10.6. The van der Waals surface area contributed by atoms with Crippen LogP contribution in [0.5, 0.6) is 0 Å². The van der Waals surface area contributed by atoms with E-state index in [0.29, 0.717) is 11.1 Å². The van der Waals surface area contributed by atoms with Gasteiger partial charge in [0.2, 0.25) is 5.91 Å². The normalized spacial score (nSPS) is 10.0. The first-order valence-corrected chi connectivity index (χ1v) is 6.82. The maximum Gasteiger partial charge on any atom is 0.255 e. The molecule has 1 aromatic carbocycles. The van der Waals surface area contributed by atoms with Crippen LogP contribution in [-0.4, -0.2) is 22.9 Å². The second-order valence-corrected chi connectivity index (χ2v) is 4.77. The summed E-state index contributed by atoms with van der Waals surface area (Å²) in [7, 11) is 1.65. The smallest absolute Gasteiger partial charge is 0.255 e. The minimum absolute atomic E-state index is 0.132. The van der Waals surface area contributed by atoms with Gasteiger partial charge >= 0.3 is 0 Å². The highest BCUT2D eigenvalue weighted by Gasteiger charge is 2.08. The molecule has 6 heteroatoms. The van der Waals surface area contributed by atoms with E-state index in [1.54, 1.807) is 49.6 Å². The molecule has 2 rings (SSSR count). The van der Waals surface area contributed by atoms with Gasteiger partial charge in [0.1, 0.15) is 0 Å².